The van der Waals surface area contributed by atoms with Crippen LogP contribution in [0.15, 0.2) is 23.1 Å². The molecule has 0 aromatic carbocycles. The van der Waals surface area contributed by atoms with Crippen molar-refractivity contribution in [2.24, 2.45) is 0 Å². The summed E-state index contributed by atoms with van der Waals surface area (Å²) in [5.41, 5.74) is 0. The maximum absolute atomic E-state index is 2.25. The van der Waals surface area contributed by atoms with E-state index in [1.54, 1.807) is 0 Å². The summed E-state index contributed by atoms with van der Waals surface area (Å²) in [6.45, 7) is 0. The van der Waals surface area contributed by atoms with Crippen LogP contribution in [0.25, 0.3) is 0 Å². The van der Waals surface area contributed by atoms with Crippen LogP contribution in [0.2, 0.25) is 0 Å². The molecule has 0 aromatic heterocycles. The molecule has 0 N–H and O–H groups in total. The Bertz CT molecular complexity index is 73.3. The molecule has 0 saturated heterocycles. The Kier molecular flexibility index (Phi) is 1.45. The van der Waals surface area contributed by atoms with Gasteiger partial charge >= 0.3 is 43.0 Å². The fourth-order valence-corrected chi connectivity index (χ4v) is 1.51. The van der Waals surface area contributed by atoms with Crippen molar-refractivity contribution in [3.63, 3.8) is 0 Å². The zero-order valence-electron chi connectivity index (χ0n) is 3.39. The molecule has 1 rings (SSSR count). The fourth-order valence-electron chi connectivity index (χ4n) is 0.342. The molecular weight excluding hydrogens is 133 g/mol. The fraction of sp³-hybridized carbons (Fsp3) is 0. The molecule has 0 nitrogen and oxygen atoms in total. The first-order chi connectivity index (χ1) is 3.00. The van der Waals surface area contributed by atoms with Gasteiger partial charge in [-0.15, -0.1) is 0 Å². The molecule has 1 heteroatoms. The number of hydrogen-bond acceptors (Lipinski definition) is 0. The minimum absolute atomic E-state index is 0.215. The van der Waals surface area contributed by atoms with E-state index in [0.717, 1.165) is 0 Å². The van der Waals surface area contributed by atoms with Gasteiger partial charge in [-0.3, -0.25) is 0 Å². The van der Waals surface area contributed by atoms with Crippen molar-refractivity contribution in [3.8, 4) is 0 Å². The molecule has 1 heterocycles. The summed E-state index contributed by atoms with van der Waals surface area (Å²) in [6.07, 6.45) is 6.28. The predicted octanol–water partition coefficient (Wildman–Crippen LogP) is 0.576. The Balaban J connectivity index is 2.77. The first kappa shape index (κ1) is 4.06. The SMILES string of the molecule is C1=C[CH]=[Ge-][CH]=C1. The van der Waals surface area contributed by atoms with Gasteiger partial charge in [0.25, 0.3) is 0 Å². The summed E-state index contributed by atoms with van der Waals surface area (Å²) >= 11 is 0.215. The Morgan fingerprint density at radius 3 is 2.17 bits per heavy atom. The van der Waals surface area contributed by atoms with Gasteiger partial charge in [-0.2, -0.15) is 0 Å². The van der Waals surface area contributed by atoms with Crippen LogP contribution in [0, 0.1) is 0 Å². The Hall–Kier alpha value is -0.107. The van der Waals surface area contributed by atoms with Gasteiger partial charge in [0.1, 0.15) is 0 Å². The topological polar surface area (TPSA) is 0 Å². The molecule has 6 heavy (non-hydrogen) atoms. The molecule has 0 spiro atoms. The van der Waals surface area contributed by atoms with Gasteiger partial charge < -0.3 is 0 Å². The molecular formula is C5H5Ge-. The molecule has 0 saturated carbocycles. The molecule has 0 bridgehead atoms. The second-order valence-electron chi connectivity index (χ2n) is 1.08. The van der Waals surface area contributed by atoms with Crippen LogP contribution in [-0.2, 0) is 0 Å². The molecule has 0 fully saturated rings. The molecule has 1 aliphatic heterocycles. The molecule has 0 unspecified atom stereocenters. The van der Waals surface area contributed by atoms with Crippen molar-refractivity contribution in [3.05, 3.63) is 23.1 Å². The molecule has 0 amide bonds. The second-order valence-corrected chi connectivity index (χ2v) is 3.18. The summed E-state index contributed by atoms with van der Waals surface area (Å²) in [4.78, 5) is 4.50. The van der Waals surface area contributed by atoms with Gasteiger partial charge in [0.05, 0.1) is 0 Å². The van der Waals surface area contributed by atoms with Crippen molar-refractivity contribution < 1.29 is 0 Å². The van der Waals surface area contributed by atoms with E-state index in [0.29, 0.717) is 0 Å². The summed E-state index contributed by atoms with van der Waals surface area (Å²) < 4.78 is 0. The van der Waals surface area contributed by atoms with E-state index in [2.05, 4.69) is 28.0 Å². The van der Waals surface area contributed by atoms with Gasteiger partial charge in [0.2, 0.25) is 0 Å². The number of hydrogen-bond donors (Lipinski definition) is 0. The van der Waals surface area contributed by atoms with E-state index in [4.69, 9.17) is 0 Å². The Morgan fingerprint density at radius 1 is 1.00 bits per heavy atom. The summed E-state index contributed by atoms with van der Waals surface area (Å²) in [5, 5.41) is 0. The zero-order chi connectivity index (χ0) is 4.24. The van der Waals surface area contributed by atoms with Crippen LogP contribution in [-0.4, -0.2) is 19.8 Å². The third-order valence-electron chi connectivity index (χ3n) is 0.607. The van der Waals surface area contributed by atoms with Gasteiger partial charge in [0, 0.05) is 0 Å². The Morgan fingerprint density at radius 2 is 2.00 bits per heavy atom. The van der Waals surface area contributed by atoms with Gasteiger partial charge in [-0.05, 0) is 0 Å². The normalized spacial score (nSPS) is 16.0. The maximum atomic E-state index is 2.25. The average Bonchev–Trinajstić information content (AvgIpc) is 1.72. The first-order valence-corrected chi connectivity index (χ1v) is 4.33. The van der Waals surface area contributed by atoms with Gasteiger partial charge in [-0.1, -0.05) is 0 Å². The molecule has 0 aliphatic carbocycles. The van der Waals surface area contributed by atoms with Crippen LogP contribution in [0.3, 0.4) is 0 Å². The van der Waals surface area contributed by atoms with E-state index < -0.39 is 0 Å². The molecule has 0 radical (unpaired) electrons. The second kappa shape index (κ2) is 2.14. The van der Waals surface area contributed by atoms with Crippen LogP contribution in [0.1, 0.15) is 0 Å². The first-order valence-electron chi connectivity index (χ1n) is 1.91. The van der Waals surface area contributed by atoms with E-state index in [-0.39, 0.29) is 15.0 Å². The zero-order valence-corrected chi connectivity index (χ0v) is 5.48. The average molecular weight is 138 g/mol. The van der Waals surface area contributed by atoms with Crippen LogP contribution in [0.5, 0.6) is 0 Å². The molecule has 30 valence electrons. The van der Waals surface area contributed by atoms with Gasteiger partial charge in [-0.25, -0.2) is 0 Å². The van der Waals surface area contributed by atoms with Crippen LogP contribution in [0.4, 0.5) is 0 Å². The monoisotopic (exact) mass is 139 g/mol. The molecule has 0 atom stereocenters. The van der Waals surface area contributed by atoms with Crippen molar-refractivity contribution in [2.75, 3.05) is 0 Å². The van der Waals surface area contributed by atoms with Crippen molar-refractivity contribution in [1.29, 1.82) is 0 Å². The summed E-state index contributed by atoms with van der Waals surface area (Å²) in [5.74, 6) is 0. The van der Waals surface area contributed by atoms with E-state index >= 15 is 0 Å². The van der Waals surface area contributed by atoms with Crippen molar-refractivity contribution >= 4 is 19.8 Å². The minimum atomic E-state index is 0.215. The number of allylic oxidation sites excluding steroid dienone is 3. The quantitative estimate of drug-likeness (QED) is 0.429. The third kappa shape index (κ3) is 0.938. The van der Waals surface area contributed by atoms with E-state index in [9.17, 15) is 0 Å². The molecule has 0 aromatic rings. The van der Waals surface area contributed by atoms with Crippen LogP contribution < -0.4 is 0 Å². The van der Waals surface area contributed by atoms with Crippen molar-refractivity contribution in [2.45, 2.75) is 0 Å². The number of rotatable bonds is 0. The summed E-state index contributed by atoms with van der Waals surface area (Å²) in [7, 11) is 0. The van der Waals surface area contributed by atoms with Crippen molar-refractivity contribution in [1.82, 2.24) is 0 Å². The standard InChI is InChI=1S/C5H5Ge/c1-2-4-6-5-3-1/h1-5H/q-1. The third-order valence-corrected chi connectivity index (χ3v) is 2.22. The van der Waals surface area contributed by atoms with Gasteiger partial charge in [0.15, 0.2) is 0 Å². The van der Waals surface area contributed by atoms with Crippen LogP contribution >= 0.6 is 0 Å². The summed E-state index contributed by atoms with van der Waals surface area (Å²) in [6, 6.07) is 0. The predicted molar refractivity (Wildman–Crippen MR) is 30.1 cm³/mol. The molecule has 1 aliphatic rings. The Labute approximate surface area is 43.6 Å². The van der Waals surface area contributed by atoms with E-state index in [1.165, 1.54) is 0 Å². The van der Waals surface area contributed by atoms with E-state index in [1.807, 2.05) is 0 Å².